The van der Waals surface area contributed by atoms with Gasteiger partial charge < -0.3 is 19.7 Å². The topological polar surface area (TPSA) is 76.0 Å². The molecule has 0 bridgehead atoms. The first kappa shape index (κ1) is 30.1. The zero-order valence-electron chi connectivity index (χ0n) is 23.5. The van der Waals surface area contributed by atoms with Gasteiger partial charge in [-0.3, -0.25) is 0 Å². The van der Waals surface area contributed by atoms with Gasteiger partial charge in [0, 0.05) is 17.4 Å². The minimum Gasteiger partial charge on any atom is -0.493 e. The van der Waals surface area contributed by atoms with Crippen LogP contribution < -0.4 is 4.74 Å². The fourth-order valence-corrected chi connectivity index (χ4v) is 4.84. The van der Waals surface area contributed by atoms with Crippen LogP contribution in [0.3, 0.4) is 0 Å². The highest BCUT2D eigenvalue weighted by Gasteiger charge is 2.27. The van der Waals surface area contributed by atoms with Gasteiger partial charge in [0.15, 0.2) is 0 Å². The lowest BCUT2D eigenvalue weighted by molar-refractivity contribution is -0.138. The van der Waals surface area contributed by atoms with E-state index in [0.29, 0.717) is 30.8 Å². The number of esters is 1. The van der Waals surface area contributed by atoms with E-state index in [2.05, 4.69) is 56.0 Å². The van der Waals surface area contributed by atoms with E-state index >= 15 is 0 Å². The zero-order chi connectivity index (χ0) is 28.3. The van der Waals surface area contributed by atoms with Crippen LogP contribution in [0, 0.1) is 5.41 Å². The summed E-state index contributed by atoms with van der Waals surface area (Å²) in [4.78, 5) is 11.9. The second-order valence-electron chi connectivity index (χ2n) is 10.2. The molecule has 0 heterocycles. The van der Waals surface area contributed by atoms with Gasteiger partial charge in [0.05, 0.1) is 26.4 Å². The first-order chi connectivity index (χ1) is 18.9. The number of hydrogen-bond donors (Lipinski definition) is 2. The second-order valence-corrected chi connectivity index (χ2v) is 10.2. The van der Waals surface area contributed by atoms with E-state index in [9.17, 15) is 15.0 Å². The first-order valence-corrected chi connectivity index (χ1v) is 13.8. The van der Waals surface area contributed by atoms with Crippen molar-refractivity contribution < 1.29 is 24.5 Å². The Kier molecular flexibility index (Phi) is 11.3. The van der Waals surface area contributed by atoms with E-state index in [1.54, 1.807) is 6.92 Å². The van der Waals surface area contributed by atoms with Crippen LogP contribution in [-0.2, 0) is 22.4 Å². The molecule has 3 aromatic rings. The van der Waals surface area contributed by atoms with Gasteiger partial charge in [0.25, 0.3) is 0 Å². The average Bonchev–Trinajstić information content (AvgIpc) is 2.97. The predicted molar refractivity (Wildman–Crippen MR) is 158 cm³/mol. The van der Waals surface area contributed by atoms with Gasteiger partial charge in [0.1, 0.15) is 5.75 Å². The third-order valence-corrected chi connectivity index (χ3v) is 7.26. The number of ether oxygens (including phenoxy) is 2. The quantitative estimate of drug-likeness (QED) is 0.167. The SMILES string of the molecule is C=C(C)C(=O)OCCc1cc(-c2ccc(-c3ccccc3)cc2CC)ccc1OCCC(CO)(CO)CCC. The van der Waals surface area contributed by atoms with Crippen LogP contribution in [0.1, 0.15) is 51.2 Å². The number of carbonyl (C=O) groups is 1. The van der Waals surface area contributed by atoms with Crippen molar-refractivity contribution in [1.29, 1.82) is 0 Å². The Morgan fingerprint density at radius 2 is 1.54 bits per heavy atom. The minimum absolute atomic E-state index is 0.0812. The predicted octanol–water partition coefficient (Wildman–Crippen LogP) is 6.78. The third-order valence-electron chi connectivity index (χ3n) is 7.26. The number of benzene rings is 3. The summed E-state index contributed by atoms with van der Waals surface area (Å²) in [5, 5.41) is 19.8. The summed E-state index contributed by atoms with van der Waals surface area (Å²) in [6.45, 7) is 9.91. The molecule has 0 spiro atoms. The molecule has 3 aromatic carbocycles. The molecule has 0 amide bonds. The van der Waals surface area contributed by atoms with Crippen molar-refractivity contribution in [1.82, 2.24) is 0 Å². The molecule has 0 aromatic heterocycles. The maximum absolute atomic E-state index is 11.9. The summed E-state index contributed by atoms with van der Waals surface area (Å²) in [6.07, 6.45) is 3.52. The van der Waals surface area contributed by atoms with Gasteiger partial charge in [-0.05, 0) is 71.7 Å². The van der Waals surface area contributed by atoms with Crippen LogP contribution in [0.5, 0.6) is 5.75 Å². The molecule has 0 radical (unpaired) electrons. The van der Waals surface area contributed by atoms with Crippen LogP contribution in [0.15, 0.2) is 78.9 Å². The molecule has 0 aliphatic rings. The molecule has 5 heteroatoms. The highest BCUT2D eigenvalue weighted by atomic mass is 16.5. The molecule has 3 rings (SSSR count). The molecule has 0 saturated carbocycles. The molecule has 5 nitrogen and oxygen atoms in total. The molecule has 0 unspecified atom stereocenters. The maximum Gasteiger partial charge on any atom is 0.333 e. The van der Waals surface area contributed by atoms with Crippen molar-refractivity contribution in [3.8, 4) is 28.0 Å². The lowest BCUT2D eigenvalue weighted by atomic mass is 9.82. The summed E-state index contributed by atoms with van der Waals surface area (Å²) in [5.41, 5.74) is 6.61. The summed E-state index contributed by atoms with van der Waals surface area (Å²) < 4.78 is 11.6. The summed E-state index contributed by atoms with van der Waals surface area (Å²) in [7, 11) is 0. The van der Waals surface area contributed by atoms with Crippen molar-refractivity contribution >= 4 is 5.97 Å². The number of hydrogen-bond acceptors (Lipinski definition) is 5. The number of aliphatic hydroxyl groups is 2. The van der Waals surface area contributed by atoms with Gasteiger partial charge in [-0.25, -0.2) is 4.79 Å². The van der Waals surface area contributed by atoms with Gasteiger partial charge in [-0.1, -0.05) is 81.4 Å². The van der Waals surface area contributed by atoms with E-state index in [0.717, 1.165) is 36.0 Å². The molecule has 0 fully saturated rings. The zero-order valence-corrected chi connectivity index (χ0v) is 23.5. The average molecular weight is 531 g/mol. The van der Waals surface area contributed by atoms with Gasteiger partial charge in [-0.15, -0.1) is 0 Å². The Balaban J connectivity index is 1.88. The lowest BCUT2D eigenvalue weighted by Crippen LogP contribution is -2.31. The maximum atomic E-state index is 11.9. The normalized spacial score (nSPS) is 11.3. The van der Waals surface area contributed by atoms with E-state index in [-0.39, 0.29) is 19.8 Å². The Morgan fingerprint density at radius 1 is 0.846 bits per heavy atom. The Morgan fingerprint density at radius 3 is 2.18 bits per heavy atom. The third kappa shape index (κ3) is 8.04. The number of aryl methyl sites for hydroxylation is 1. The summed E-state index contributed by atoms with van der Waals surface area (Å²) in [6, 6.07) is 23.1. The Hall–Kier alpha value is -3.41. The van der Waals surface area contributed by atoms with Crippen molar-refractivity contribution in [3.63, 3.8) is 0 Å². The van der Waals surface area contributed by atoms with E-state index < -0.39 is 11.4 Å². The molecule has 0 atom stereocenters. The molecular weight excluding hydrogens is 488 g/mol. The van der Waals surface area contributed by atoms with E-state index in [4.69, 9.17) is 9.47 Å². The standard InChI is InChI=1S/C34H42O5/c1-5-17-34(23-35,24-36)18-20-38-32-15-13-29(22-30(32)16-19-39-33(37)25(3)4)31-14-12-28(21-26(31)6-2)27-10-8-7-9-11-27/h7-15,21-22,35-36H,3,5-6,16-20,23-24H2,1-2,4H3. The number of aliphatic hydroxyl groups excluding tert-OH is 2. The summed E-state index contributed by atoms with van der Waals surface area (Å²) >= 11 is 0. The number of carbonyl (C=O) groups excluding carboxylic acids is 1. The molecule has 208 valence electrons. The summed E-state index contributed by atoms with van der Waals surface area (Å²) in [5.74, 6) is 0.305. The fourth-order valence-electron chi connectivity index (χ4n) is 4.84. The highest BCUT2D eigenvalue weighted by molar-refractivity contribution is 5.86. The molecule has 0 aliphatic carbocycles. The molecule has 0 saturated heterocycles. The first-order valence-electron chi connectivity index (χ1n) is 13.8. The minimum atomic E-state index is -0.553. The smallest absolute Gasteiger partial charge is 0.333 e. The Bertz CT molecular complexity index is 1230. The number of rotatable bonds is 15. The van der Waals surface area contributed by atoms with Crippen LogP contribution in [0.2, 0.25) is 0 Å². The van der Waals surface area contributed by atoms with Crippen LogP contribution in [0.4, 0.5) is 0 Å². The van der Waals surface area contributed by atoms with E-state index in [1.165, 1.54) is 16.7 Å². The van der Waals surface area contributed by atoms with Crippen LogP contribution >= 0.6 is 0 Å². The van der Waals surface area contributed by atoms with Crippen molar-refractivity contribution in [2.75, 3.05) is 26.4 Å². The second kappa shape index (κ2) is 14.7. The van der Waals surface area contributed by atoms with Crippen molar-refractivity contribution in [3.05, 3.63) is 90.0 Å². The van der Waals surface area contributed by atoms with Crippen molar-refractivity contribution in [2.24, 2.45) is 5.41 Å². The lowest BCUT2D eigenvalue weighted by Gasteiger charge is -2.29. The Labute approximate surface area is 233 Å². The van der Waals surface area contributed by atoms with E-state index in [1.807, 2.05) is 31.2 Å². The van der Waals surface area contributed by atoms with Gasteiger partial charge >= 0.3 is 5.97 Å². The van der Waals surface area contributed by atoms with Crippen LogP contribution in [-0.4, -0.2) is 42.6 Å². The fraction of sp³-hybridized carbons (Fsp3) is 0.382. The largest absolute Gasteiger partial charge is 0.493 e. The monoisotopic (exact) mass is 530 g/mol. The van der Waals surface area contributed by atoms with Crippen LogP contribution in [0.25, 0.3) is 22.3 Å². The molecule has 0 aliphatic heterocycles. The highest BCUT2D eigenvalue weighted by Crippen LogP contribution is 2.33. The van der Waals surface area contributed by atoms with Crippen molar-refractivity contribution in [2.45, 2.75) is 52.9 Å². The van der Waals surface area contributed by atoms with Gasteiger partial charge in [0.2, 0.25) is 0 Å². The van der Waals surface area contributed by atoms with Gasteiger partial charge in [-0.2, -0.15) is 0 Å². The molecular formula is C34H42O5. The molecule has 39 heavy (non-hydrogen) atoms. The molecule has 2 N–H and O–H groups in total.